The van der Waals surface area contributed by atoms with Crippen LogP contribution in [0.2, 0.25) is 0 Å². The van der Waals surface area contributed by atoms with Crippen molar-refractivity contribution >= 4 is 22.3 Å². The van der Waals surface area contributed by atoms with E-state index < -0.39 is 4.92 Å². The van der Waals surface area contributed by atoms with Crippen molar-refractivity contribution in [3.05, 3.63) is 38.9 Å². The number of rotatable bonds is 3. The molecular formula is C16H20N4O3. The van der Waals surface area contributed by atoms with Crippen molar-refractivity contribution in [2.24, 2.45) is 5.92 Å². The molecule has 0 spiro atoms. The molecule has 122 valence electrons. The van der Waals surface area contributed by atoms with Gasteiger partial charge in [-0.1, -0.05) is 6.92 Å². The predicted octanol–water partition coefficient (Wildman–Crippen LogP) is 2.85. The summed E-state index contributed by atoms with van der Waals surface area (Å²) in [6, 6.07) is 3.27. The third-order valence-corrected chi connectivity index (χ3v) is 4.85. The predicted molar refractivity (Wildman–Crippen MR) is 88.8 cm³/mol. The molecule has 0 aliphatic heterocycles. The number of hydrogen-bond acceptors (Lipinski definition) is 5. The molecule has 1 aromatic carbocycles. The van der Waals surface area contributed by atoms with Gasteiger partial charge in [0, 0.05) is 19.2 Å². The first kappa shape index (κ1) is 15.5. The van der Waals surface area contributed by atoms with Gasteiger partial charge in [-0.25, -0.2) is 4.98 Å². The van der Waals surface area contributed by atoms with E-state index in [0.29, 0.717) is 17.1 Å². The van der Waals surface area contributed by atoms with Gasteiger partial charge < -0.3 is 9.88 Å². The van der Waals surface area contributed by atoms with E-state index in [9.17, 15) is 14.9 Å². The molecular weight excluding hydrogens is 296 g/mol. The van der Waals surface area contributed by atoms with Gasteiger partial charge in [-0.15, -0.1) is 0 Å². The Morgan fingerprint density at radius 3 is 2.65 bits per heavy atom. The zero-order chi connectivity index (χ0) is 16.6. The number of anilines is 1. The Labute approximate surface area is 133 Å². The highest BCUT2D eigenvalue weighted by Gasteiger charge is 2.27. The summed E-state index contributed by atoms with van der Waals surface area (Å²) in [6.07, 6.45) is 5.64. The molecule has 23 heavy (non-hydrogen) atoms. The van der Waals surface area contributed by atoms with Crippen molar-refractivity contribution in [2.45, 2.75) is 38.6 Å². The molecule has 0 radical (unpaired) electrons. The second-order valence-corrected chi connectivity index (χ2v) is 6.37. The highest BCUT2D eigenvalue weighted by atomic mass is 16.6. The van der Waals surface area contributed by atoms with Crippen LogP contribution in [0.3, 0.4) is 0 Å². The lowest BCUT2D eigenvalue weighted by atomic mass is 9.86. The van der Waals surface area contributed by atoms with Gasteiger partial charge in [0.25, 0.3) is 11.2 Å². The molecule has 1 aliphatic carbocycles. The van der Waals surface area contributed by atoms with Crippen molar-refractivity contribution in [2.75, 3.05) is 11.9 Å². The summed E-state index contributed by atoms with van der Waals surface area (Å²) in [5.41, 5.74) is 0.599. The quantitative estimate of drug-likeness (QED) is 0.694. The van der Waals surface area contributed by atoms with Gasteiger partial charge in [0.1, 0.15) is 5.69 Å². The number of fused-ring (bicyclic) bond motifs is 1. The van der Waals surface area contributed by atoms with Crippen LogP contribution in [0, 0.1) is 16.0 Å². The number of hydrogen-bond donors (Lipinski definition) is 1. The monoisotopic (exact) mass is 316 g/mol. The van der Waals surface area contributed by atoms with Gasteiger partial charge in [0.2, 0.25) is 0 Å². The fourth-order valence-electron chi connectivity index (χ4n) is 3.35. The van der Waals surface area contributed by atoms with Crippen molar-refractivity contribution in [3.8, 4) is 0 Å². The summed E-state index contributed by atoms with van der Waals surface area (Å²) in [5, 5.41) is 11.7. The maximum Gasteiger partial charge on any atom is 0.293 e. The standard InChI is InChI=1S/C16H20N4O3/c1-10-3-5-11(6-4-10)19(2)14-8-13-12(7-15(14)20(22)23)16(21)18-9-17-13/h7-11H,3-6H2,1-2H3,(H,17,18,21). The van der Waals surface area contributed by atoms with E-state index in [-0.39, 0.29) is 22.7 Å². The largest absolute Gasteiger partial charge is 0.366 e. The molecule has 0 amide bonds. The van der Waals surface area contributed by atoms with Crippen molar-refractivity contribution in [3.63, 3.8) is 0 Å². The maximum atomic E-state index is 11.8. The number of aromatic amines is 1. The number of benzene rings is 1. The lowest BCUT2D eigenvalue weighted by molar-refractivity contribution is -0.384. The van der Waals surface area contributed by atoms with E-state index in [4.69, 9.17) is 0 Å². The summed E-state index contributed by atoms with van der Waals surface area (Å²) >= 11 is 0. The molecule has 0 bridgehead atoms. The van der Waals surface area contributed by atoms with Crippen LogP contribution in [-0.2, 0) is 0 Å². The Hall–Kier alpha value is -2.44. The first-order valence-electron chi connectivity index (χ1n) is 7.86. The number of H-pyrrole nitrogens is 1. The fourth-order valence-corrected chi connectivity index (χ4v) is 3.35. The zero-order valence-corrected chi connectivity index (χ0v) is 13.3. The van der Waals surface area contributed by atoms with Crippen LogP contribution >= 0.6 is 0 Å². The first-order valence-corrected chi connectivity index (χ1v) is 7.86. The Kier molecular flexibility index (Phi) is 4.02. The number of nitro groups is 1. The lowest BCUT2D eigenvalue weighted by Crippen LogP contribution is -2.35. The van der Waals surface area contributed by atoms with Crippen LogP contribution in [0.5, 0.6) is 0 Å². The molecule has 7 nitrogen and oxygen atoms in total. The highest BCUT2D eigenvalue weighted by molar-refractivity contribution is 5.87. The minimum Gasteiger partial charge on any atom is -0.366 e. The van der Waals surface area contributed by atoms with E-state index in [1.54, 1.807) is 6.07 Å². The second kappa shape index (κ2) is 5.98. The summed E-state index contributed by atoms with van der Waals surface area (Å²) < 4.78 is 0. The number of nitrogens with one attached hydrogen (secondary N) is 1. The Bertz CT molecular complexity index is 794. The molecule has 1 N–H and O–H groups in total. The van der Waals surface area contributed by atoms with Gasteiger partial charge in [0.05, 0.1) is 22.2 Å². The van der Waals surface area contributed by atoms with Crippen LogP contribution in [0.4, 0.5) is 11.4 Å². The van der Waals surface area contributed by atoms with Crippen molar-refractivity contribution in [1.29, 1.82) is 0 Å². The summed E-state index contributed by atoms with van der Waals surface area (Å²) in [6.45, 7) is 2.24. The van der Waals surface area contributed by atoms with E-state index in [1.165, 1.54) is 12.4 Å². The summed E-state index contributed by atoms with van der Waals surface area (Å²) in [4.78, 5) is 31.4. The third-order valence-electron chi connectivity index (χ3n) is 4.85. The van der Waals surface area contributed by atoms with Gasteiger partial charge in [-0.3, -0.25) is 14.9 Å². The minimum atomic E-state index is -0.427. The SMILES string of the molecule is CC1CCC(N(C)c2cc3nc[nH]c(=O)c3cc2[N+](=O)[O-])CC1. The normalized spacial score (nSPS) is 21.3. The smallest absolute Gasteiger partial charge is 0.293 e. The zero-order valence-electron chi connectivity index (χ0n) is 13.3. The Morgan fingerprint density at radius 1 is 1.30 bits per heavy atom. The van der Waals surface area contributed by atoms with Crippen molar-refractivity contribution < 1.29 is 4.92 Å². The topological polar surface area (TPSA) is 92.1 Å². The second-order valence-electron chi connectivity index (χ2n) is 6.37. The molecule has 1 aromatic heterocycles. The molecule has 1 aliphatic rings. The molecule has 1 heterocycles. The average molecular weight is 316 g/mol. The Morgan fingerprint density at radius 2 is 2.00 bits per heavy atom. The maximum absolute atomic E-state index is 11.8. The third kappa shape index (κ3) is 2.91. The van der Waals surface area contributed by atoms with Crippen LogP contribution < -0.4 is 10.5 Å². The highest BCUT2D eigenvalue weighted by Crippen LogP contribution is 2.35. The van der Waals surface area contributed by atoms with Crippen molar-refractivity contribution in [1.82, 2.24) is 9.97 Å². The number of nitrogens with zero attached hydrogens (tertiary/aromatic N) is 3. The van der Waals surface area contributed by atoms with Gasteiger partial charge in [0.15, 0.2) is 0 Å². The summed E-state index contributed by atoms with van der Waals surface area (Å²) in [7, 11) is 1.89. The molecule has 1 fully saturated rings. The molecule has 0 saturated heterocycles. The van der Waals surface area contributed by atoms with Crippen LogP contribution in [0.15, 0.2) is 23.3 Å². The van der Waals surface area contributed by atoms with Gasteiger partial charge in [-0.05, 0) is 37.7 Å². The number of nitro benzene ring substituents is 1. The molecule has 0 unspecified atom stereocenters. The summed E-state index contributed by atoms with van der Waals surface area (Å²) in [5.74, 6) is 0.714. The van der Waals surface area contributed by atoms with Gasteiger partial charge in [-0.2, -0.15) is 0 Å². The average Bonchev–Trinajstić information content (AvgIpc) is 2.54. The first-order chi connectivity index (χ1) is 11.0. The molecule has 0 atom stereocenters. The Balaban J connectivity index is 2.06. The molecule has 3 rings (SSSR count). The van der Waals surface area contributed by atoms with E-state index in [1.807, 2.05) is 11.9 Å². The lowest BCUT2D eigenvalue weighted by Gasteiger charge is -2.34. The van der Waals surface area contributed by atoms with E-state index in [0.717, 1.165) is 25.7 Å². The van der Waals surface area contributed by atoms with Gasteiger partial charge >= 0.3 is 0 Å². The molecule has 2 aromatic rings. The minimum absolute atomic E-state index is 0.0443. The number of aromatic nitrogens is 2. The van der Waals surface area contributed by atoms with E-state index >= 15 is 0 Å². The fraction of sp³-hybridized carbons (Fsp3) is 0.500. The van der Waals surface area contributed by atoms with E-state index in [2.05, 4.69) is 16.9 Å². The van der Waals surface area contributed by atoms with Crippen LogP contribution in [-0.4, -0.2) is 28.0 Å². The van der Waals surface area contributed by atoms with Crippen LogP contribution in [0.25, 0.3) is 10.9 Å². The molecule has 1 saturated carbocycles. The van der Waals surface area contributed by atoms with Crippen LogP contribution in [0.1, 0.15) is 32.6 Å². The molecule has 7 heteroatoms.